The number of hydrogen-bond donors (Lipinski definition) is 1. The average Bonchev–Trinajstić information content (AvgIpc) is 2.18. The quantitative estimate of drug-likeness (QED) is 0.671. The Hall–Kier alpha value is -1.31. The summed E-state index contributed by atoms with van der Waals surface area (Å²) in [7, 11) is -0.891. The summed E-state index contributed by atoms with van der Waals surface area (Å²) >= 11 is 0. The molecule has 3 nitrogen and oxygen atoms in total. The SMILES string of the molecule is CCOB(O)c1ccc(C#N)cc1. The molecule has 4 heteroatoms. The molecule has 0 aliphatic rings. The summed E-state index contributed by atoms with van der Waals surface area (Å²) in [4.78, 5) is 0. The van der Waals surface area contributed by atoms with Crippen LogP contribution in [0.5, 0.6) is 0 Å². The monoisotopic (exact) mass is 175 g/mol. The van der Waals surface area contributed by atoms with Gasteiger partial charge in [0.25, 0.3) is 0 Å². The fourth-order valence-electron chi connectivity index (χ4n) is 0.976. The third kappa shape index (κ3) is 2.58. The van der Waals surface area contributed by atoms with Gasteiger partial charge in [-0.1, -0.05) is 12.1 Å². The minimum Gasteiger partial charge on any atom is -0.423 e. The lowest BCUT2D eigenvalue weighted by Gasteiger charge is -2.04. The van der Waals surface area contributed by atoms with Gasteiger partial charge < -0.3 is 9.68 Å². The van der Waals surface area contributed by atoms with Crippen LogP contribution in [0.1, 0.15) is 12.5 Å². The number of hydrogen-bond acceptors (Lipinski definition) is 3. The summed E-state index contributed by atoms with van der Waals surface area (Å²) < 4.78 is 4.97. The Morgan fingerprint density at radius 1 is 1.46 bits per heavy atom. The highest BCUT2D eigenvalue weighted by Gasteiger charge is 2.14. The summed E-state index contributed by atoms with van der Waals surface area (Å²) in [5.41, 5.74) is 1.24. The van der Waals surface area contributed by atoms with Gasteiger partial charge in [0.05, 0.1) is 11.6 Å². The maximum absolute atomic E-state index is 9.38. The van der Waals surface area contributed by atoms with E-state index in [1.807, 2.05) is 13.0 Å². The van der Waals surface area contributed by atoms with Gasteiger partial charge in [-0.05, 0) is 24.5 Å². The summed E-state index contributed by atoms with van der Waals surface area (Å²) in [6, 6.07) is 8.66. The molecule has 0 amide bonds. The predicted molar refractivity (Wildman–Crippen MR) is 50.4 cm³/mol. The van der Waals surface area contributed by atoms with Gasteiger partial charge in [0.15, 0.2) is 0 Å². The maximum Gasteiger partial charge on any atom is 0.491 e. The van der Waals surface area contributed by atoms with E-state index in [0.717, 1.165) is 0 Å². The van der Waals surface area contributed by atoms with Crippen molar-refractivity contribution in [2.45, 2.75) is 6.92 Å². The van der Waals surface area contributed by atoms with Crippen molar-refractivity contribution >= 4 is 12.6 Å². The highest BCUT2D eigenvalue weighted by atomic mass is 16.5. The molecule has 0 spiro atoms. The average molecular weight is 175 g/mol. The first-order valence-corrected chi connectivity index (χ1v) is 4.07. The van der Waals surface area contributed by atoms with Crippen LogP contribution < -0.4 is 5.46 Å². The molecule has 0 saturated carbocycles. The van der Waals surface area contributed by atoms with Gasteiger partial charge in [0, 0.05) is 6.61 Å². The second-order valence-corrected chi connectivity index (χ2v) is 2.54. The molecule has 1 aromatic carbocycles. The fraction of sp³-hybridized carbons (Fsp3) is 0.222. The van der Waals surface area contributed by atoms with Crippen LogP contribution in [-0.4, -0.2) is 18.7 Å². The Bertz CT molecular complexity index is 304. The first-order valence-electron chi connectivity index (χ1n) is 4.07. The molecular weight excluding hydrogens is 165 g/mol. The summed E-state index contributed by atoms with van der Waals surface area (Å²) in [5, 5.41) is 17.9. The van der Waals surface area contributed by atoms with Crippen LogP contribution in [0.3, 0.4) is 0 Å². The lowest BCUT2D eigenvalue weighted by molar-refractivity contribution is 0.287. The minimum absolute atomic E-state index is 0.459. The van der Waals surface area contributed by atoms with E-state index in [-0.39, 0.29) is 0 Å². The third-order valence-electron chi connectivity index (χ3n) is 1.65. The molecular formula is C9H10BNO2. The molecule has 0 bridgehead atoms. The Kier molecular flexibility index (Phi) is 3.50. The van der Waals surface area contributed by atoms with Crippen molar-refractivity contribution in [2.75, 3.05) is 6.61 Å². The second-order valence-electron chi connectivity index (χ2n) is 2.54. The van der Waals surface area contributed by atoms with Crippen LogP contribution in [0.4, 0.5) is 0 Å². The van der Waals surface area contributed by atoms with E-state index >= 15 is 0 Å². The smallest absolute Gasteiger partial charge is 0.423 e. The molecule has 1 rings (SSSR count). The van der Waals surface area contributed by atoms with Crippen molar-refractivity contribution in [3.05, 3.63) is 29.8 Å². The largest absolute Gasteiger partial charge is 0.491 e. The van der Waals surface area contributed by atoms with E-state index < -0.39 is 7.12 Å². The van der Waals surface area contributed by atoms with E-state index in [2.05, 4.69) is 0 Å². The van der Waals surface area contributed by atoms with Crippen molar-refractivity contribution in [1.29, 1.82) is 5.26 Å². The fourth-order valence-corrected chi connectivity index (χ4v) is 0.976. The van der Waals surface area contributed by atoms with Crippen molar-refractivity contribution < 1.29 is 9.68 Å². The van der Waals surface area contributed by atoms with E-state index in [1.165, 1.54) is 0 Å². The van der Waals surface area contributed by atoms with Crippen LogP contribution in [0.25, 0.3) is 0 Å². The van der Waals surface area contributed by atoms with Crippen LogP contribution in [0.15, 0.2) is 24.3 Å². The Labute approximate surface area is 77.7 Å². The minimum atomic E-state index is -0.891. The zero-order valence-electron chi connectivity index (χ0n) is 7.40. The zero-order chi connectivity index (χ0) is 9.68. The van der Waals surface area contributed by atoms with Crippen LogP contribution >= 0.6 is 0 Å². The van der Waals surface area contributed by atoms with Crippen molar-refractivity contribution in [2.24, 2.45) is 0 Å². The molecule has 0 aliphatic carbocycles. The van der Waals surface area contributed by atoms with Gasteiger partial charge in [-0.2, -0.15) is 5.26 Å². The summed E-state index contributed by atoms with van der Waals surface area (Å²) in [5.74, 6) is 0. The van der Waals surface area contributed by atoms with Crippen LogP contribution in [0.2, 0.25) is 0 Å². The van der Waals surface area contributed by atoms with Gasteiger partial charge >= 0.3 is 7.12 Å². The van der Waals surface area contributed by atoms with Crippen molar-refractivity contribution in [1.82, 2.24) is 0 Å². The molecule has 1 aromatic rings. The second kappa shape index (κ2) is 4.66. The maximum atomic E-state index is 9.38. The van der Waals surface area contributed by atoms with Crippen molar-refractivity contribution in [3.8, 4) is 6.07 Å². The number of benzene rings is 1. The highest BCUT2D eigenvalue weighted by molar-refractivity contribution is 6.59. The van der Waals surface area contributed by atoms with E-state index in [1.54, 1.807) is 24.3 Å². The molecule has 1 N–H and O–H groups in total. The molecule has 0 unspecified atom stereocenters. The Morgan fingerprint density at radius 2 is 2.08 bits per heavy atom. The molecule has 0 aromatic heterocycles. The van der Waals surface area contributed by atoms with Gasteiger partial charge in [-0.3, -0.25) is 0 Å². The van der Waals surface area contributed by atoms with Gasteiger partial charge in [0.2, 0.25) is 0 Å². The predicted octanol–water partition coefficient (Wildman–Crippen LogP) is 0.282. The molecule has 0 saturated heterocycles. The van der Waals surface area contributed by atoms with Gasteiger partial charge in [0.1, 0.15) is 0 Å². The first-order chi connectivity index (χ1) is 6.27. The number of nitrogens with zero attached hydrogens (tertiary/aromatic N) is 1. The summed E-state index contributed by atoms with van der Waals surface area (Å²) in [6.45, 7) is 2.27. The first kappa shape index (κ1) is 9.78. The normalized spacial score (nSPS) is 9.31. The Morgan fingerprint density at radius 3 is 2.54 bits per heavy atom. The van der Waals surface area contributed by atoms with Crippen LogP contribution in [0, 0.1) is 11.3 Å². The molecule has 66 valence electrons. The summed E-state index contributed by atoms with van der Waals surface area (Å²) in [6.07, 6.45) is 0. The van der Waals surface area contributed by atoms with E-state index in [0.29, 0.717) is 17.6 Å². The number of rotatable bonds is 3. The Balaban J connectivity index is 2.75. The van der Waals surface area contributed by atoms with Gasteiger partial charge in [-0.25, -0.2) is 0 Å². The standard InChI is InChI=1S/C9H10BNO2/c1-2-13-10(12)9-5-3-8(7-11)4-6-9/h3-6,12H,2H2,1H3. The van der Waals surface area contributed by atoms with E-state index in [4.69, 9.17) is 9.92 Å². The molecule has 0 radical (unpaired) electrons. The van der Waals surface area contributed by atoms with E-state index in [9.17, 15) is 5.02 Å². The molecule has 0 fully saturated rings. The van der Waals surface area contributed by atoms with Crippen LogP contribution in [-0.2, 0) is 4.65 Å². The molecule has 13 heavy (non-hydrogen) atoms. The lowest BCUT2D eigenvalue weighted by Crippen LogP contribution is -2.33. The molecule has 0 heterocycles. The molecule has 0 aliphatic heterocycles. The highest BCUT2D eigenvalue weighted by Crippen LogP contribution is 1.95. The van der Waals surface area contributed by atoms with Crippen molar-refractivity contribution in [3.63, 3.8) is 0 Å². The van der Waals surface area contributed by atoms with Gasteiger partial charge in [-0.15, -0.1) is 0 Å². The molecule has 0 atom stereocenters. The zero-order valence-corrected chi connectivity index (χ0v) is 7.40. The third-order valence-corrected chi connectivity index (χ3v) is 1.65. The topological polar surface area (TPSA) is 53.2 Å². The number of nitriles is 1. The lowest BCUT2D eigenvalue weighted by atomic mass is 9.79.